The van der Waals surface area contributed by atoms with Crippen molar-refractivity contribution in [3.63, 3.8) is 0 Å². The van der Waals surface area contributed by atoms with Crippen LogP contribution in [0.4, 0.5) is 0 Å². The number of carbonyl (C=O) groups is 4. The normalized spacial score (nSPS) is 13.5. The number of aliphatic carboxylic acids is 1. The number of carbonyl (C=O) groups excluding carboxylic acids is 3. The summed E-state index contributed by atoms with van der Waals surface area (Å²) in [6.45, 7) is -0.447. The third kappa shape index (κ3) is 8.94. The van der Waals surface area contributed by atoms with Crippen LogP contribution in [0, 0.1) is 0 Å². The fraction of sp³-hybridized carbons (Fsp3) is 0.474. The summed E-state index contributed by atoms with van der Waals surface area (Å²) in [6.07, 6.45) is 8.31. The van der Waals surface area contributed by atoms with Gasteiger partial charge in [0, 0.05) is 36.6 Å². The average molecular weight is 481 g/mol. The van der Waals surface area contributed by atoms with E-state index in [-0.39, 0.29) is 12.8 Å². The number of nitrogens with zero attached hydrogens (tertiary/aromatic N) is 2. The van der Waals surface area contributed by atoms with E-state index >= 15 is 0 Å². The number of aromatic amines is 2. The Kier molecular flexibility index (Phi) is 10.4. The first kappa shape index (κ1) is 25.9. The summed E-state index contributed by atoms with van der Waals surface area (Å²) in [5, 5.41) is 16.7. The Morgan fingerprint density at radius 3 is 2.21 bits per heavy atom. The minimum atomic E-state index is -1.22. The number of hydrogen-bond acceptors (Lipinski definition) is 8. The number of nitrogens with one attached hydrogen (secondary N) is 5. The molecular weight excluding hydrogens is 452 g/mol. The summed E-state index contributed by atoms with van der Waals surface area (Å²) in [4.78, 5) is 62.0. The van der Waals surface area contributed by atoms with Crippen LogP contribution < -0.4 is 21.7 Å². The smallest absolute Gasteiger partial charge is 0.326 e. The molecule has 8 N–H and O–H groups in total. The molecule has 0 aromatic carbocycles. The van der Waals surface area contributed by atoms with Gasteiger partial charge in [-0.2, -0.15) is 11.8 Å². The Morgan fingerprint density at radius 2 is 1.67 bits per heavy atom. The van der Waals surface area contributed by atoms with Crippen LogP contribution in [0.1, 0.15) is 17.8 Å². The van der Waals surface area contributed by atoms with E-state index in [1.54, 1.807) is 6.20 Å². The second-order valence-corrected chi connectivity index (χ2v) is 8.17. The van der Waals surface area contributed by atoms with Crippen LogP contribution in [0.15, 0.2) is 25.0 Å². The van der Waals surface area contributed by atoms with Crippen LogP contribution >= 0.6 is 11.8 Å². The van der Waals surface area contributed by atoms with Crippen molar-refractivity contribution in [2.45, 2.75) is 37.4 Å². The van der Waals surface area contributed by atoms with E-state index in [0.29, 0.717) is 23.6 Å². The summed E-state index contributed by atoms with van der Waals surface area (Å²) >= 11 is 1.50. The number of carboxylic acid groups (broad SMARTS) is 1. The number of aromatic nitrogens is 4. The van der Waals surface area contributed by atoms with E-state index in [9.17, 15) is 24.3 Å². The van der Waals surface area contributed by atoms with Crippen molar-refractivity contribution in [1.82, 2.24) is 35.9 Å². The van der Waals surface area contributed by atoms with Crippen LogP contribution in [-0.2, 0) is 32.0 Å². The SMILES string of the molecule is CSCCC(NC(=O)C(N)Cc1cnc[nH]1)C(=O)NCC(=O)NC(Cc1cnc[nH]1)C(=O)O. The molecule has 2 rings (SSSR count). The van der Waals surface area contributed by atoms with Crippen LogP contribution in [0.25, 0.3) is 0 Å². The predicted octanol–water partition coefficient (Wildman–Crippen LogP) is -1.83. The zero-order valence-electron chi connectivity index (χ0n) is 18.0. The summed E-state index contributed by atoms with van der Waals surface area (Å²) in [6, 6.07) is -2.98. The molecule has 0 aliphatic heterocycles. The fourth-order valence-corrected chi connectivity index (χ4v) is 3.33. The molecule has 0 bridgehead atoms. The molecule has 0 fully saturated rings. The topological polar surface area (TPSA) is 208 Å². The first-order valence-electron chi connectivity index (χ1n) is 10.1. The Morgan fingerprint density at radius 1 is 1.03 bits per heavy atom. The lowest BCUT2D eigenvalue weighted by molar-refractivity contribution is -0.141. The second kappa shape index (κ2) is 13.2. The van der Waals surface area contributed by atoms with E-state index in [1.807, 2.05) is 6.26 Å². The molecule has 2 aromatic rings. The van der Waals surface area contributed by atoms with Gasteiger partial charge in [-0.05, 0) is 18.4 Å². The largest absolute Gasteiger partial charge is 0.480 e. The fourth-order valence-electron chi connectivity index (χ4n) is 2.86. The highest BCUT2D eigenvalue weighted by atomic mass is 32.2. The summed E-state index contributed by atoms with van der Waals surface area (Å²) in [7, 11) is 0. The van der Waals surface area contributed by atoms with Gasteiger partial charge >= 0.3 is 5.97 Å². The number of carboxylic acids is 1. The number of nitrogens with two attached hydrogens (primary N) is 1. The lowest BCUT2D eigenvalue weighted by Crippen LogP contribution is -2.54. The predicted molar refractivity (Wildman–Crippen MR) is 120 cm³/mol. The number of rotatable bonds is 14. The minimum absolute atomic E-state index is 0.00957. The number of H-pyrrole nitrogens is 2. The van der Waals surface area contributed by atoms with Gasteiger partial charge in [-0.15, -0.1) is 0 Å². The maximum Gasteiger partial charge on any atom is 0.326 e. The molecule has 180 valence electrons. The molecule has 0 radical (unpaired) electrons. The zero-order chi connectivity index (χ0) is 24.2. The van der Waals surface area contributed by atoms with E-state index < -0.39 is 48.4 Å². The van der Waals surface area contributed by atoms with Crippen LogP contribution in [0.2, 0.25) is 0 Å². The molecule has 3 atom stereocenters. The molecular formula is C19H28N8O5S. The molecule has 0 saturated carbocycles. The molecule has 33 heavy (non-hydrogen) atoms. The molecule has 0 aliphatic carbocycles. The minimum Gasteiger partial charge on any atom is -0.480 e. The number of thioether (sulfide) groups is 1. The Bertz CT molecular complexity index is 905. The van der Waals surface area contributed by atoms with E-state index in [1.165, 1.54) is 30.6 Å². The summed E-state index contributed by atoms with van der Waals surface area (Å²) in [5.74, 6) is -2.39. The third-order valence-electron chi connectivity index (χ3n) is 4.61. The average Bonchev–Trinajstić information content (AvgIpc) is 3.48. The van der Waals surface area contributed by atoms with Crippen molar-refractivity contribution in [2.24, 2.45) is 5.73 Å². The quantitative estimate of drug-likeness (QED) is 0.162. The van der Waals surface area contributed by atoms with Crippen LogP contribution in [-0.4, -0.2) is 85.4 Å². The van der Waals surface area contributed by atoms with Gasteiger partial charge < -0.3 is 36.8 Å². The van der Waals surface area contributed by atoms with Gasteiger partial charge in [-0.3, -0.25) is 14.4 Å². The first-order chi connectivity index (χ1) is 15.8. The Balaban J connectivity index is 1.87. The number of amides is 3. The van der Waals surface area contributed by atoms with Crippen molar-refractivity contribution in [3.05, 3.63) is 36.4 Å². The van der Waals surface area contributed by atoms with E-state index in [0.717, 1.165) is 0 Å². The lowest BCUT2D eigenvalue weighted by Gasteiger charge is -2.20. The summed E-state index contributed by atoms with van der Waals surface area (Å²) in [5.41, 5.74) is 7.15. The standard InChI is InChI=1S/C19H28N8O5S/c1-33-3-2-14(27-17(29)13(20)4-11-6-21-9-24-11)18(30)23-8-16(28)26-15(19(31)32)5-12-7-22-10-25-12/h6-7,9-10,13-15H,2-5,8,20H2,1H3,(H,21,24)(H,22,25)(H,23,30)(H,26,28)(H,27,29)(H,31,32). The van der Waals surface area contributed by atoms with Crippen molar-refractivity contribution >= 4 is 35.5 Å². The molecule has 2 aromatic heterocycles. The highest BCUT2D eigenvalue weighted by molar-refractivity contribution is 7.98. The van der Waals surface area contributed by atoms with Crippen molar-refractivity contribution < 1.29 is 24.3 Å². The zero-order valence-corrected chi connectivity index (χ0v) is 18.9. The van der Waals surface area contributed by atoms with Gasteiger partial charge in [0.1, 0.15) is 12.1 Å². The lowest BCUT2D eigenvalue weighted by atomic mass is 10.1. The van der Waals surface area contributed by atoms with Crippen molar-refractivity contribution in [1.29, 1.82) is 0 Å². The molecule has 14 heteroatoms. The third-order valence-corrected chi connectivity index (χ3v) is 5.25. The highest BCUT2D eigenvalue weighted by Crippen LogP contribution is 2.03. The first-order valence-corrected chi connectivity index (χ1v) is 11.5. The van der Waals surface area contributed by atoms with Crippen LogP contribution in [0.3, 0.4) is 0 Å². The second-order valence-electron chi connectivity index (χ2n) is 7.19. The van der Waals surface area contributed by atoms with Gasteiger partial charge in [0.2, 0.25) is 17.7 Å². The molecule has 3 amide bonds. The van der Waals surface area contributed by atoms with E-state index in [4.69, 9.17) is 5.73 Å². The monoisotopic (exact) mass is 480 g/mol. The van der Waals surface area contributed by atoms with Gasteiger partial charge in [0.25, 0.3) is 0 Å². The van der Waals surface area contributed by atoms with Gasteiger partial charge in [0.15, 0.2) is 0 Å². The molecule has 0 saturated heterocycles. The molecule has 0 spiro atoms. The Labute approximate surface area is 194 Å². The Hall–Kier alpha value is -3.39. The van der Waals surface area contributed by atoms with Gasteiger partial charge in [-0.1, -0.05) is 0 Å². The number of hydrogen-bond donors (Lipinski definition) is 7. The molecule has 0 aliphatic rings. The molecule has 13 nitrogen and oxygen atoms in total. The summed E-state index contributed by atoms with van der Waals surface area (Å²) < 4.78 is 0. The highest BCUT2D eigenvalue weighted by Gasteiger charge is 2.25. The maximum atomic E-state index is 12.6. The van der Waals surface area contributed by atoms with E-state index in [2.05, 4.69) is 35.9 Å². The number of imidazole rings is 2. The maximum absolute atomic E-state index is 12.6. The van der Waals surface area contributed by atoms with Crippen LogP contribution in [0.5, 0.6) is 0 Å². The van der Waals surface area contributed by atoms with Crippen molar-refractivity contribution in [2.75, 3.05) is 18.6 Å². The van der Waals surface area contributed by atoms with Gasteiger partial charge in [0.05, 0.1) is 25.2 Å². The molecule has 3 unspecified atom stereocenters. The van der Waals surface area contributed by atoms with Gasteiger partial charge in [-0.25, -0.2) is 14.8 Å². The van der Waals surface area contributed by atoms with Crippen molar-refractivity contribution in [3.8, 4) is 0 Å². The molecule has 2 heterocycles.